The molecule has 0 saturated heterocycles. The van der Waals surface area contributed by atoms with Crippen molar-refractivity contribution in [3.8, 4) is 0 Å². The molecule has 0 amide bonds. The monoisotopic (exact) mass is 1000 g/mol. The van der Waals surface area contributed by atoms with Crippen molar-refractivity contribution in [2.24, 2.45) is 0 Å². The van der Waals surface area contributed by atoms with E-state index in [1.807, 2.05) is 36.4 Å². The Morgan fingerprint density at radius 1 is 0.754 bits per heavy atom. The molecule has 0 aliphatic heterocycles. The summed E-state index contributed by atoms with van der Waals surface area (Å²) < 4.78 is 39.0. The zero-order chi connectivity index (χ0) is 44.6. The molecule has 61 heavy (non-hydrogen) atoms. The Hall–Kier alpha value is -3.82. The molecule has 328 valence electrons. The molecule has 5 heterocycles. The number of fused-ring (bicyclic) bond motifs is 2. The highest BCUT2D eigenvalue weighted by Crippen LogP contribution is 2.43. The molecule has 12 N–H and O–H groups in total. The molecular formula is C35H43Cl2N13O4S7. The number of aliphatic hydroxyl groups excluding tert-OH is 1. The van der Waals surface area contributed by atoms with Crippen LogP contribution < -0.4 is 43.4 Å². The zero-order valence-electron chi connectivity index (χ0n) is 33.0. The van der Waals surface area contributed by atoms with Gasteiger partial charge in [0.2, 0.25) is 11.9 Å². The van der Waals surface area contributed by atoms with E-state index in [9.17, 15) is 13.5 Å². The minimum Gasteiger partial charge on any atom is -0.397 e. The minimum atomic E-state index is -4.29. The summed E-state index contributed by atoms with van der Waals surface area (Å²) in [5.74, 6) is 1.15. The number of hydrogen-bond donors (Lipinski definition) is 9. The lowest BCUT2D eigenvalue weighted by Crippen LogP contribution is -2.22. The highest BCUT2D eigenvalue weighted by Gasteiger charge is 2.24. The Morgan fingerprint density at radius 3 is 1.62 bits per heavy atom. The molecule has 7 rings (SSSR count). The number of thioether (sulfide) groups is 1. The summed E-state index contributed by atoms with van der Waals surface area (Å²) in [6.45, 7) is 12.0. The van der Waals surface area contributed by atoms with Crippen LogP contribution in [0.4, 0.5) is 56.0 Å². The van der Waals surface area contributed by atoms with Gasteiger partial charge in [-0.1, -0.05) is 46.3 Å². The van der Waals surface area contributed by atoms with Crippen molar-refractivity contribution >= 4 is 180 Å². The van der Waals surface area contributed by atoms with E-state index < -0.39 is 10.1 Å². The summed E-state index contributed by atoms with van der Waals surface area (Å²) in [5, 5.41) is 19.1. The molecule has 0 radical (unpaired) electrons. The van der Waals surface area contributed by atoms with Crippen molar-refractivity contribution < 1.29 is 18.1 Å². The number of benzene rings is 2. The summed E-state index contributed by atoms with van der Waals surface area (Å²) in [5.41, 5.74) is 28.4. The van der Waals surface area contributed by atoms with Gasteiger partial charge in [-0.05, 0) is 87.2 Å². The zero-order valence-corrected chi connectivity index (χ0v) is 40.3. The standard InChI is InChI=1S/C25H37N9OS.C5H3ClN2O3S3.C5H3ClN2S3/c1-5-33(6-2)17-9-11-19(26)21(15-17)28-23-30-24(32-25(31-23)36-14-13-35)29-22-16-18(10-12-20(22)27)34(7-3)8-4;6-2-1-3(7)13-8-4(1)12-5(2)14(9,10)11;6-2-1-3(7)11-8-4(1)10-5(2)9/h9-12,15-16,35H,5-8,13-14,26-27H2,1-4H3,(H2,28,29,30,31,32);7H2,(H,9,10,11);9H,7H2. The minimum absolute atomic E-state index is 0.0135. The lowest BCUT2D eigenvalue weighted by molar-refractivity contribution is 0.322. The van der Waals surface area contributed by atoms with Gasteiger partial charge in [-0.15, -0.1) is 24.0 Å². The Kier molecular flexibility index (Phi) is 17.0. The molecule has 0 saturated carbocycles. The number of hydrogen-bond acceptors (Lipinski definition) is 22. The maximum atomic E-state index is 10.8. The molecule has 7 aromatic rings. The molecule has 5 aromatic heterocycles. The van der Waals surface area contributed by atoms with E-state index in [0.717, 1.165) is 74.8 Å². The van der Waals surface area contributed by atoms with Gasteiger partial charge >= 0.3 is 10.1 Å². The summed E-state index contributed by atoms with van der Waals surface area (Å²) in [7, 11) is -4.29. The fraction of sp³-hybridized carbons (Fsp3) is 0.286. The number of nitrogens with two attached hydrogens (primary N) is 4. The van der Waals surface area contributed by atoms with Crippen LogP contribution in [0.25, 0.3) is 20.4 Å². The van der Waals surface area contributed by atoms with E-state index in [4.69, 9.17) is 50.7 Å². The number of nitrogen functional groups attached to an aromatic ring is 4. The van der Waals surface area contributed by atoms with Crippen LogP contribution in [0.3, 0.4) is 0 Å². The lowest BCUT2D eigenvalue weighted by Gasteiger charge is -2.22. The van der Waals surface area contributed by atoms with Crippen LogP contribution in [0.15, 0.2) is 50.0 Å². The number of nitrogens with one attached hydrogen (secondary N) is 2. The second-order valence-corrected chi connectivity index (χ2v) is 20.1. The van der Waals surface area contributed by atoms with Crippen LogP contribution in [-0.2, 0) is 10.1 Å². The Morgan fingerprint density at radius 2 is 1.21 bits per heavy atom. The maximum Gasteiger partial charge on any atom is 0.305 e. The fourth-order valence-electron chi connectivity index (χ4n) is 5.55. The molecule has 0 aliphatic rings. The first-order chi connectivity index (χ1) is 29.0. The molecular weight excluding hydrogens is 962 g/mol. The SMILES string of the molecule is CCN(CC)c1ccc(N)c(Nc2nc(Nc3cc(N(CC)CC)ccc3N)nc(SCCO)n2)c1.Nc1snc2sc(S(=O)(=O)O)c(Cl)c12.Nc1snc2sc(S)c(Cl)c12. The Bertz CT molecular complexity index is 2620. The highest BCUT2D eigenvalue weighted by molar-refractivity contribution is 7.99. The number of nitrogens with zero attached hydrogens (tertiary/aromatic N) is 7. The normalized spacial score (nSPS) is 11.2. The van der Waals surface area contributed by atoms with Gasteiger partial charge in [-0.25, -0.2) is 0 Å². The molecule has 0 atom stereocenters. The van der Waals surface area contributed by atoms with E-state index >= 15 is 0 Å². The van der Waals surface area contributed by atoms with E-state index in [2.05, 4.69) is 84.5 Å². The molecule has 17 nitrogen and oxygen atoms in total. The fourth-order valence-corrected chi connectivity index (χ4v) is 11.8. The van der Waals surface area contributed by atoms with E-state index in [1.165, 1.54) is 34.6 Å². The molecule has 0 unspecified atom stereocenters. The van der Waals surface area contributed by atoms with Crippen molar-refractivity contribution in [3.05, 3.63) is 46.4 Å². The Balaban J connectivity index is 0.000000225. The van der Waals surface area contributed by atoms with Gasteiger partial charge in [0, 0.05) is 43.3 Å². The molecule has 26 heteroatoms. The lowest BCUT2D eigenvalue weighted by atomic mass is 10.2. The third-order valence-corrected chi connectivity index (χ3v) is 16.0. The van der Waals surface area contributed by atoms with Gasteiger partial charge in [0.15, 0.2) is 9.37 Å². The number of thiophene rings is 2. The first-order valence-corrected chi connectivity index (χ1v) is 25.0. The van der Waals surface area contributed by atoms with Gasteiger partial charge in [0.25, 0.3) is 0 Å². The predicted molar refractivity (Wildman–Crippen MR) is 264 cm³/mol. The molecule has 0 fully saturated rings. The largest absolute Gasteiger partial charge is 0.397 e. The van der Waals surface area contributed by atoms with Crippen molar-refractivity contribution in [2.75, 3.05) is 81.9 Å². The summed E-state index contributed by atoms with van der Waals surface area (Å²) in [6, 6.07) is 11.7. The summed E-state index contributed by atoms with van der Waals surface area (Å²) in [6.07, 6.45) is 0. The van der Waals surface area contributed by atoms with Crippen LogP contribution >= 0.6 is 93.3 Å². The average molecular weight is 1010 g/mol. The number of thiol groups is 1. The van der Waals surface area contributed by atoms with E-state index in [1.54, 1.807) is 0 Å². The van der Waals surface area contributed by atoms with Crippen LogP contribution in [0, 0.1) is 0 Å². The van der Waals surface area contributed by atoms with Gasteiger partial charge in [-0.2, -0.15) is 32.1 Å². The number of aliphatic hydroxyl groups is 1. The van der Waals surface area contributed by atoms with Gasteiger partial charge < -0.3 is 48.5 Å². The van der Waals surface area contributed by atoms with Crippen LogP contribution in [-0.4, -0.2) is 80.3 Å². The Labute approximate surface area is 388 Å². The van der Waals surface area contributed by atoms with Crippen molar-refractivity contribution in [3.63, 3.8) is 0 Å². The second kappa shape index (κ2) is 21.5. The first kappa shape index (κ1) is 48.2. The van der Waals surface area contributed by atoms with Crippen molar-refractivity contribution in [1.29, 1.82) is 0 Å². The highest BCUT2D eigenvalue weighted by atomic mass is 35.5. The van der Waals surface area contributed by atoms with Crippen LogP contribution in [0.2, 0.25) is 10.0 Å². The molecule has 0 bridgehead atoms. The first-order valence-electron chi connectivity index (χ1n) is 18.2. The molecule has 0 spiro atoms. The molecule has 2 aromatic carbocycles. The topological polar surface area (TPSA) is 274 Å². The second-order valence-electron chi connectivity index (χ2n) is 12.3. The quantitative estimate of drug-likeness (QED) is 0.0213. The van der Waals surface area contributed by atoms with Crippen LogP contribution in [0.5, 0.6) is 0 Å². The number of rotatable bonds is 14. The summed E-state index contributed by atoms with van der Waals surface area (Å²) >= 11 is 21.7. The van der Waals surface area contributed by atoms with Gasteiger partial charge in [0.1, 0.15) is 19.7 Å². The van der Waals surface area contributed by atoms with E-state index in [-0.39, 0.29) is 15.8 Å². The smallest absolute Gasteiger partial charge is 0.305 e. The third-order valence-electron chi connectivity index (χ3n) is 8.56. The predicted octanol–water partition coefficient (Wildman–Crippen LogP) is 9.02. The van der Waals surface area contributed by atoms with Gasteiger partial charge in [-0.3, -0.25) is 4.55 Å². The number of anilines is 10. The van der Waals surface area contributed by atoms with Crippen molar-refractivity contribution in [1.82, 2.24) is 23.7 Å². The maximum absolute atomic E-state index is 10.8. The third kappa shape index (κ3) is 11.8. The van der Waals surface area contributed by atoms with Gasteiger partial charge in [0.05, 0.1) is 54.4 Å². The van der Waals surface area contributed by atoms with E-state index in [0.29, 0.717) is 70.8 Å². The van der Waals surface area contributed by atoms with Crippen molar-refractivity contribution in [2.45, 2.75) is 41.3 Å². The average Bonchev–Trinajstić information content (AvgIpc) is 3.97. The summed E-state index contributed by atoms with van der Waals surface area (Å²) in [4.78, 5) is 19.4. The number of halogens is 2. The van der Waals surface area contributed by atoms with Crippen LogP contribution in [0.1, 0.15) is 27.7 Å². The molecule has 0 aliphatic carbocycles. The number of aromatic nitrogens is 5.